The first-order valence-electron chi connectivity index (χ1n) is 6.81. The Labute approximate surface area is 124 Å². The number of ether oxygens (including phenoxy) is 3. The molecular formula is C17H18O4. The van der Waals surface area contributed by atoms with Gasteiger partial charge in [0.15, 0.2) is 18.1 Å². The third-order valence-corrected chi connectivity index (χ3v) is 2.75. The Morgan fingerprint density at radius 1 is 0.952 bits per heavy atom. The number of hydrogen-bond acceptors (Lipinski definition) is 4. The van der Waals surface area contributed by atoms with Gasteiger partial charge in [-0.05, 0) is 38.1 Å². The molecule has 21 heavy (non-hydrogen) atoms. The van der Waals surface area contributed by atoms with Gasteiger partial charge >= 0.3 is 5.97 Å². The van der Waals surface area contributed by atoms with Crippen LogP contribution in [0.2, 0.25) is 0 Å². The second-order valence-corrected chi connectivity index (χ2v) is 4.46. The van der Waals surface area contributed by atoms with Crippen molar-refractivity contribution in [3.05, 3.63) is 54.1 Å². The molecule has 0 atom stereocenters. The van der Waals surface area contributed by atoms with Crippen molar-refractivity contribution >= 4 is 5.97 Å². The lowest BCUT2D eigenvalue weighted by molar-refractivity contribution is -0.136. The van der Waals surface area contributed by atoms with Crippen LogP contribution in [0.4, 0.5) is 0 Å². The highest BCUT2D eigenvalue weighted by atomic mass is 16.6. The molecule has 0 bridgehead atoms. The fourth-order valence-corrected chi connectivity index (χ4v) is 1.74. The number of aryl methyl sites for hydroxylation is 1. The molecule has 0 amide bonds. The summed E-state index contributed by atoms with van der Waals surface area (Å²) in [5.41, 5.74) is 1.13. The molecule has 0 aliphatic rings. The average Bonchev–Trinajstić information content (AvgIpc) is 2.49. The van der Waals surface area contributed by atoms with Crippen molar-refractivity contribution in [2.75, 3.05) is 13.2 Å². The van der Waals surface area contributed by atoms with Crippen molar-refractivity contribution in [3.63, 3.8) is 0 Å². The summed E-state index contributed by atoms with van der Waals surface area (Å²) in [6.45, 7) is 4.22. The predicted molar refractivity (Wildman–Crippen MR) is 79.9 cm³/mol. The van der Waals surface area contributed by atoms with Crippen LogP contribution >= 0.6 is 0 Å². The van der Waals surface area contributed by atoms with Crippen LogP contribution in [-0.2, 0) is 4.79 Å². The first-order chi connectivity index (χ1) is 10.2. The monoisotopic (exact) mass is 286 g/mol. The molecule has 0 heterocycles. The molecule has 0 fully saturated rings. The third-order valence-electron chi connectivity index (χ3n) is 2.75. The average molecular weight is 286 g/mol. The summed E-state index contributed by atoms with van der Waals surface area (Å²) in [4.78, 5) is 11.8. The van der Waals surface area contributed by atoms with Gasteiger partial charge < -0.3 is 14.2 Å². The maximum atomic E-state index is 11.8. The Morgan fingerprint density at radius 2 is 1.62 bits per heavy atom. The van der Waals surface area contributed by atoms with Crippen LogP contribution in [-0.4, -0.2) is 19.2 Å². The number of carbonyl (C=O) groups excluding carboxylic acids is 1. The van der Waals surface area contributed by atoms with E-state index >= 15 is 0 Å². The lowest BCUT2D eigenvalue weighted by Gasteiger charge is -2.10. The maximum absolute atomic E-state index is 11.8. The van der Waals surface area contributed by atoms with Crippen LogP contribution in [0.1, 0.15) is 12.5 Å². The molecule has 2 rings (SSSR count). The SMILES string of the molecule is CCOc1ccccc1OC(=O)COc1ccc(C)cc1. The van der Waals surface area contributed by atoms with Crippen molar-refractivity contribution in [2.24, 2.45) is 0 Å². The summed E-state index contributed by atoms with van der Waals surface area (Å²) in [6.07, 6.45) is 0. The lowest BCUT2D eigenvalue weighted by Crippen LogP contribution is -2.18. The molecule has 0 saturated carbocycles. The normalized spacial score (nSPS) is 10.0. The number of benzene rings is 2. The first kappa shape index (κ1) is 14.9. The zero-order chi connectivity index (χ0) is 15.1. The van der Waals surface area contributed by atoms with Gasteiger partial charge in [-0.15, -0.1) is 0 Å². The van der Waals surface area contributed by atoms with Gasteiger partial charge in [0.1, 0.15) is 5.75 Å². The van der Waals surface area contributed by atoms with E-state index in [9.17, 15) is 4.79 Å². The minimum atomic E-state index is -0.470. The van der Waals surface area contributed by atoms with E-state index in [-0.39, 0.29) is 6.61 Å². The Kier molecular flexibility index (Phi) is 5.21. The highest BCUT2D eigenvalue weighted by Gasteiger charge is 2.10. The largest absolute Gasteiger partial charge is 0.490 e. The molecular weight excluding hydrogens is 268 g/mol. The topological polar surface area (TPSA) is 44.8 Å². The molecule has 0 unspecified atom stereocenters. The number of para-hydroxylation sites is 2. The summed E-state index contributed by atoms with van der Waals surface area (Å²) in [5.74, 6) is 1.11. The molecule has 0 aliphatic carbocycles. The van der Waals surface area contributed by atoms with Gasteiger partial charge in [0.25, 0.3) is 0 Å². The highest BCUT2D eigenvalue weighted by Crippen LogP contribution is 2.26. The van der Waals surface area contributed by atoms with E-state index < -0.39 is 5.97 Å². The molecule has 2 aromatic rings. The Balaban J connectivity index is 1.91. The van der Waals surface area contributed by atoms with E-state index in [1.165, 1.54) is 0 Å². The smallest absolute Gasteiger partial charge is 0.349 e. The number of rotatable bonds is 6. The van der Waals surface area contributed by atoms with E-state index in [0.29, 0.717) is 23.9 Å². The molecule has 0 radical (unpaired) electrons. The summed E-state index contributed by atoms with van der Waals surface area (Å²) < 4.78 is 16.0. The van der Waals surface area contributed by atoms with E-state index in [4.69, 9.17) is 14.2 Å². The molecule has 4 heteroatoms. The minimum absolute atomic E-state index is 0.149. The van der Waals surface area contributed by atoms with Gasteiger partial charge in [0, 0.05) is 0 Å². The number of hydrogen-bond donors (Lipinski definition) is 0. The summed E-state index contributed by atoms with van der Waals surface area (Å²) >= 11 is 0. The zero-order valence-electron chi connectivity index (χ0n) is 12.2. The van der Waals surface area contributed by atoms with E-state index in [2.05, 4.69) is 0 Å². The van der Waals surface area contributed by atoms with E-state index in [0.717, 1.165) is 5.56 Å². The van der Waals surface area contributed by atoms with Crippen molar-refractivity contribution in [1.29, 1.82) is 0 Å². The van der Waals surface area contributed by atoms with Crippen molar-refractivity contribution in [3.8, 4) is 17.2 Å². The quantitative estimate of drug-likeness (QED) is 0.603. The lowest BCUT2D eigenvalue weighted by atomic mass is 10.2. The van der Waals surface area contributed by atoms with Crippen LogP contribution in [0.15, 0.2) is 48.5 Å². The molecule has 0 aromatic heterocycles. The molecule has 0 aliphatic heterocycles. The molecule has 0 N–H and O–H groups in total. The minimum Gasteiger partial charge on any atom is -0.490 e. The molecule has 4 nitrogen and oxygen atoms in total. The van der Waals surface area contributed by atoms with Gasteiger partial charge in [-0.1, -0.05) is 29.8 Å². The second kappa shape index (κ2) is 7.33. The number of carbonyl (C=O) groups is 1. The van der Waals surface area contributed by atoms with E-state index in [1.807, 2.05) is 44.2 Å². The summed E-state index contributed by atoms with van der Waals surface area (Å²) in [7, 11) is 0. The van der Waals surface area contributed by atoms with Gasteiger partial charge in [0.05, 0.1) is 6.61 Å². The Morgan fingerprint density at radius 3 is 2.29 bits per heavy atom. The standard InChI is InChI=1S/C17H18O4/c1-3-19-15-6-4-5-7-16(15)21-17(18)12-20-14-10-8-13(2)9-11-14/h4-11H,3,12H2,1-2H3. The maximum Gasteiger partial charge on any atom is 0.349 e. The molecule has 0 saturated heterocycles. The third kappa shape index (κ3) is 4.53. The zero-order valence-corrected chi connectivity index (χ0v) is 12.2. The highest BCUT2D eigenvalue weighted by molar-refractivity contribution is 5.74. The van der Waals surface area contributed by atoms with Gasteiger partial charge in [-0.3, -0.25) is 0 Å². The second-order valence-electron chi connectivity index (χ2n) is 4.46. The van der Waals surface area contributed by atoms with Gasteiger partial charge in [-0.25, -0.2) is 4.79 Å². The van der Waals surface area contributed by atoms with Crippen LogP contribution in [0.3, 0.4) is 0 Å². The van der Waals surface area contributed by atoms with Crippen molar-refractivity contribution in [2.45, 2.75) is 13.8 Å². The summed E-state index contributed by atoms with van der Waals surface area (Å²) in [6, 6.07) is 14.5. The Bertz CT molecular complexity index is 590. The van der Waals surface area contributed by atoms with E-state index in [1.54, 1.807) is 18.2 Å². The van der Waals surface area contributed by atoms with Crippen LogP contribution in [0.5, 0.6) is 17.2 Å². The summed E-state index contributed by atoms with van der Waals surface area (Å²) in [5, 5.41) is 0. The van der Waals surface area contributed by atoms with Gasteiger partial charge in [0.2, 0.25) is 0 Å². The van der Waals surface area contributed by atoms with Crippen molar-refractivity contribution in [1.82, 2.24) is 0 Å². The fourth-order valence-electron chi connectivity index (χ4n) is 1.74. The first-order valence-corrected chi connectivity index (χ1v) is 6.81. The molecule has 110 valence electrons. The predicted octanol–water partition coefficient (Wildman–Crippen LogP) is 3.38. The van der Waals surface area contributed by atoms with Crippen LogP contribution < -0.4 is 14.2 Å². The molecule has 0 spiro atoms. The van der Waals surface area contributed by atoms with Gasteiger partial charge in [-0.2, -0.15) is 0 Å². The van der Waals surface area contributed by atoms with Crippen molar-refractivity contribution < 1.29 is 19.0 Å². The molecule has 2 aromatic carbocycles. The Hall–Kier alpha value is -2.49. The fraction of sp³-hybridized carbons (Fsp3) is 0.235. The number of esters is 1. The van der Waals surface area contributed by atoms with Crippen LogP contribution in [0.25, 0.3) is 0 Å². The van der Waals surface area contributed by atoms with Crippen LogP contribution in [0, 0.1) is 6.92 Å².